The largest absolute Gasteiger partial charge is 0.481 e. The van der Waals surface area contributed by atoms with Crippen LogP contribution in [0.15, 0.2) is 36.5 Å². The SMILES string of the molecule is C\C=C/C=C/C=C/CCCCCCCCCCC(=O)O. The van der Waals surface area contributed by atoms with Gasteiger partial charge in [0.05, 0.1) is 0 Å². The summed E-state index contributed by atoms with van der Waals surface area (Å²) in [6.07, 6.45) is 23.5. The van der Waals surface area contributed by atoms with E-state index >= 15 is 0 Å². The van der Waals surface area contributed by atoms with Crippen LogP contribution in [-0.4, -0.2) is 11.1 Å². The Morgan fingerprint density at radius 1 is 0.800 bits per heavy atom. The second-order valence-corrected chi connectivity index (χ2v) is 5.10. The lowest BCUT2D eigenvalue weighted by atomic mass is 10.1. The zero-order valence-electron chi connectivity index (χ0n) is 12.9. The van der Waals surface area contributed by atoms with Crippen LogP contribution in [0.2, 0.25) is 0 Å². The van der Waals surface area contributed by atoms with E-state index in [9.17, 15) is 4.79 Å². The fourth-order valence-electron chi connectivity index (χ4n) is 2.01. The maximum atomic E-state index is 10.3. The molecule has 0 radical (unpaired) electrons. The van der Waals surface area contributed by atoms with Gasteiger partial charge in [0.25, 0.3) is 0 Å². The van der Waals surface area contributed by atoms with Crippen LogP contribution in [0.5, 0.6) is 0 Å². The van der Waals surface area contributed by atoms with Crippen molar-refractivity contribution in [3.63, 3.8) is 0 Å². The van der Waals surface area contributed by atoms with E-state index in [1.807, 2.05) is 25.2 Å². The minimum Gasteiger partial charge on any atom is -0.481 e. The molecule has 0 aliphatic carbocycles. The third-order valence-corrected chi connectivity index (χ3v) is 3.17. The molecule has 0 unspecified atom stereocenters. The monoisotopic (exact) mass is 278 g/mol. The van der Waals surface area contributed by atoms with Gasteiger partial charge in [0.15, 0.2) is 0 Å². The number of hydrogen-bond acceptors (Lipinski definition) is 1. The fraction of sp³-hybridized carbons (Fsp3) is 0.611. The Balaban J connectivity index is 3.15. The Morgan fingerprint density at radius 2 is 1.35 bits per heavy atom. The van der Waals surface area contributed by atoms with Crippen molar-refractivity contribution in [2.75, 3.05) is 0 Å². The summed E-state index contributed by atoms with van der Waals surface area (Å²) in [6, 6.07) is 0. The maximum absolute atomic E-state index is 10.3. The van der Waals surface area contributed by atoms with Crippen molar-refractivity contribution in [3.8, 4) is 0 Å². The molecule has 2 heteroatoms. The van der Waals surface area contributed by atoms with Gasteiger partial charge in [0.1, 0.15) is 0 Å². The lowest BCUT2D eigenvalue weighted by Crippen LogP contribution is -1.93. The van der Waals surface area contributed by atoms with Crippen LogP contribution in [0.1, 0.15) is 71.1 Å². The number of carbonyl (C=O) groups is 1. The van der Waals surface area contributed by atoms with E-state index in [2.05, 4.69) is 18.2 Å². The summed E-state index contributed by atoms with van der Waals surface area (Å²) >= 11 is 0. The Kier molecular flexibility index (Phi) is 14.7. The number of allylic oxidation sites excluding steroid dienone is 6. The van der Waals surface area contributed by atoms with E-state index in [1.54, 1.807) is 0 Å². The first-order valence-corrected chi connectivity index (χ1v) is 7.93. The van der Waals surface area contributed by atoms with Crippen LogP contribution < -0.4 is 0 Å². The highest BCUT2D eigenvalue weighted by Crippen LogP contribution is 2.10. The molecule has 0 atom stereocenters. The summed E-state index contributed by atoms with van der Waals surface area (Å²) in [5.74, 6) is -0.668. The van der Waals surface area contributed by atoms with Gasteiger partial charge in [-0.15, -0.1) is 0 Å². The van der Waals surface area contributed by atoms with Gasteiger partial charge < -0.3 is 5.11 Å². The Hall–Kier alpha value is -1.31. The number of carboxylic acids is 1. The van der Waals surface area contributed by atoms with Crippen molar-refractivity contribution in [2.24, 2.45) is 0 Å². The number of aliphatic carboxylic acids is 1. The van der Waals surface area contributed by atoms with Gasteiger partial charge in [0.2, 0.25) is 0 Å². The molecule has 1 N–H and O–H groups in total. The second-order valence-electron chi connectivity index (χ2n) is 5.10. The van der Waals surface area contributed by atoms with Crippen LogP contribution in [0, 0.1) is 0 Å². The molecule has 0 bridgehead atoms. The van der Waals surface area contributed by atoms with Crippen molar-refractivity contribution in [3.05, 3.63) is 36.5 Å². The van der Waals surface area contributed by atoms with E-state index < -0.39 is 5.97 Å². The number of carboxylic acid groups (broad SMARTS) is 1. The quantitative estimate of drug-likeness (QED) is 0.348. The van der Waals surface area contributed by atoms with E-state index in [1.165, 1.54) is 44.9 Å². The summed E-state index contributed by atoms with van der Waals surface area (Å²) in [6.45, 7) is 2.01. The molecule has 0 aromatic carbocycles. The predicted molar refractivity (Wildman–Crippen MR) is 86.9 cm³/mol. The Morgan fingerprint density at radius 3 is 1.95 bits per heavy atom. The van der Waals surface area contributed by atoms with E-state index in [0.29, 0.717) is 6.42 Å². The molecule has 0 aliphatic heterocycles. The molecule has 0 aromatic rings. The normalized spacial score (nSPS) is 12.1. The van der Waals surface area contributed by atoms with Gasteiger partial charge in [-0.2, -0.15) is 0 Å². The van der Waals surface area contributed by atoms with Gasteiger partial charge in [-0.05, 0) is 26.2 Å². The Labute approximate surface area is 124 Å². The third-order valence-electron chi connectivity index (χ3n) is 3.17. The third kappa shape index (κ3) is 16.7. The molecular formula is C18H30O2. The average molecular weight is 278 g/mol. The highest BCUT2D eigenvalue weighted by atomic mass is 16.4. The highest BCUT2D eigenvalue weighted by molar-refractivity contribution is 5.66. The van der Waals surface area contributed by atoms with Crippen molar-refractivity contribution >= 4 is 5.97 Å². The lowest BCUT2D eigenvalue weighted by Gasteiger charge is -2.00. The van der Waals surface area contributed by atoms with Crippen LogP contribution in [-0.2, 0) is 4.79 Å². The summed E-state index contributed by atoms with van der Waals surface area (Å²) in [5, 5.41) is 8.50. The van der Waals surface area contributed by atoms with Gasteiger partial charge in [-0.25, -0.2) is 0 Å². The predicted octanol–water partition coefficient (Wildman–Crippen LogP) is 5.66. The minimum absolute atomic E-state index is 0.328. The molecule has 0 spiro atoms. The lowest BCUT2D eigenvalue weighted by molar-refractivity contribution is -0.137. The first-order chi connectivity index (χ1) is 9.77. The minimum atomic E-state index is -0.668. The van der Waals surface area contributed by atoms with E-state index in [4.69, 9.17) is 5.11 Å². The van der Waals surface area contributed by atoms with Crippen molar-refractivity contribution in [2.45, 2.75) is 71.1 Å². The summed E-state index contributed by atoms with van der Waals surface area (Å²) in [5.41, 5.74) is 0. The van der Waals surface area contributed by atoms with Crippen molar-refractivity contribution in [1.82, 2.24) is 0 Å². The number of rotatable bonds is 13. The first-order valence-electron chi connectivity index (χ1n) is 7.93. The highest BCUT2D eigenvalue weighted by Gasteiger charge is 1.96. The molecule has 114 valence electrons. The first kappa shape index (κ1) is 18.7. The molecule has 0 aromatic heterocycles. The van der Waals surface area contributed by atoms with Crippen LogP contribution >= 0.6 is 0 Å². The van der Waals surface area contributed by atoms with E-state index in [-0.39, 0.29) is 0 Å². The molecule has 20 heavy (non-hydrogen) atoms. The standard InChI is InChI=1S/C18H30O2/c1-2-3-4-5-6-7-8-9-10-11-12-13-14-15-16-17-18(19)20/h2-7H,8-17H2,1H3,(H,19,20)/b3-2-,5-4+,7-6+. The van der Waals surface area contributed by atoms with E-state index in [0.717, 1.165) is 12.8 Å². The smallest absolute Gasteiger partial charge is 0.303 e. The molecule has 0 amide bonds. The molecule has 0 aliphatic rings. The molecule has 2 nitrogen and oxygen atoms in total. The molecule has 0 heterocycles. The van der Waals surface area contributed by atoms with Crippen LogP contribution in [0.3, 0.4) is 0 Å². The second kappa shape index (κ2) is 15.7. The topological polar surface area (TPSA) is 37.3 Å². The number of hydrogen-bond donors (Lipinski definition) is 1. The number of unbranched alkanes of at least 4 members (excludes halogenated alkanes) is 8. The fourth-order valence-corrected chi connectivity index (χ4v) is 2.01. The van der Waals surface area contributed by atoms with Crippen LogP contribution in [0.4, 0.5) is 0 Å². The summed E-state index contributed by atoms with van der Waals surface area (Å²) < 4.78 is 0. The molecule has 0 saturated heterocycles. The summed E-state index contributed by atoms with van der Waals surface area (Å²) in [7, 11) is 0. The van der Waals surface area contributed by atoms with Gasteiger partial charge >= 0.3 is 5.97 Å². The molecular weight excluding hydrogens is 248 g/mol. The van der Waals surface area contributed by atoms with Gasteiger partial charge in [-0.3, -0.25) is 4.79 Å². The average Bonchev–Trinajstić information content (AvgIpc) is 2.43. The zero-order valence-corrected chi connectivity index (χ0v) is 12.9. The van der Waals surface area contributed by atoms with Crippen LogP contribution in [0.25, 0.3) is 0 Å². The molecule has 0 fully saturated rings. The van der Waals surface area contributed by atoms with Gasteiger partial charge in [0, 0.05) is 6.42 Å². The van der Waals surface area contributed by atoms with Gasteiger partial charge in [-0.1, -0.05) is 75.0 Å². The Bertz CT molecular complexity index is 301. The summed E-state index contributed by atoms with van der Waals surface area (Å²) in [4.78, 5) is 10.3. The van der Waals surface area contributed by atoms with Crippen molar-refractivity contribution < 1.29 is 9.90 Å². The zero-order chi connectivity index (χ0) is 14.9. The molecule has 0 rings (SSSR count). The molecule has 0 saturated carbocycles. The van der Waals surface area contributed by atoms with Crippen molar-refractivity contribution in [1.29, 1.82) is 0 Å². The maximum Gasteiger partial charge on any atom is 0.303 e.